The van der Waals surface area contributed by atoms with Gasteiger partial charge in [-0.25, -0.2) is 13.2 Å². The number of nitrogens with one attached hydrogen (secondary N) is 1. The molecule has 190 valence electrons. The maximum Gasteiger partial charge on any atom is 0.345 e. The molecule has 3 fully saturated rings. The van der Waals surface area contributed by atoms with Gasteiger partial charge in [0, 0.05) is 23.3 Å². The molecule has 4 atom stereocenters. The summed E-state index contributed by atoms with van der Waals surface area (Å²) in [5.41, 5.74) is -1.56. The second-order valence-corrected chi connectivity index (χ2v) is 16.4. The van der Waals surface area contributed by atoms with Crippen molar-refractivity contribution in [2.45, 2.75) is 50.7 Å². The van der Waals surface area contributed by atoms with Gasteiger partial charge in [0.05, 0.1) is 21.7 Å². The standard InChI is InChI=1S/C21H28BrNO8S3/c1-19-6-5-14(11-15(19)24)20(19,2)13-34(28,29)31-30-18(25)12-21(16-3-4-17(22)32-16)7-8-23-9-10-33(21,26)27/h3-4,14,23H,5-13H2,1-2H3/t14-,19+,20-,21+/m1/s1. The van der Waals surface area contributed by atoms with E-state index in [1.165, 1.54) is 11.3 Å². The normalized spacial score (nSPS) is 35.3. The van der Waals surface area contributed by atoms with Crippen LogP contribution in [0.3, 0.4) is 0 Å². The predicted octanol–water partition coefficient (Wildman–Crippen LogP) is 2.70. The van der Waals surface area contributed by atoms with Gasteiger partial charge in [0.2, 0.25) is 0 Å². The van der Waals surface area contributed by atoms with Gasteiger partial charge in [0.1, 0.15) is 10.5 Å². The fourth-order valence-corrected chi connectivity index (χ4v) is 11.3. The molecule has 1 aromatic heterocycles. The summed E-state index contributed by atoms with van der Waals surface area (Å²) in [5.74, 6) is -1.72. The zero-order valence-electron chi connectivity index (χ0n) is 19.0. The molecule has 0 amide bonds. The molecular formula is C21H28BrNO8S3. The van der Waals surface area contributed by atoms with Crippen LogP contribution in [0.2, 0.25) is 0 Å². The molecule has 2 bridgehead atoms. The molecule has 4 rings (SSSR count). The molecule has 9 nitrogen and oxygen atoms in total. The number of halogens is 1. The van der Waals surface area contributed by atoms with Crippen LogP contribution in [0.1, 0.15) is 50.8 Å². The molecule has 34 heavy (non-hydrogen) atoms. The van der Waals surface area contributed by atoms with Crippen LogP contribution in [0, 0.1) is 16.7 Å². The number of ketones is 1. The molecule has 13 heteroatoms. The number of rotatable bonds is 7. The molecular weight excluding hydrogens is 570 g/mol. The molecule has 1 aromatic rings. The van der Waals surface area contributed by atoms with Crippen molar-refractivity contribution in [1.29, 1.82) is 0 Å². The molecule has 3 aliphatic rings. The third kappa shape index (κ3) is 4.30. The van der Waals surface area contributed by atoms with E-state index < -0.39 is 53.7 Å². The molecule has 0 spiro atoms. The average molecular weight is 599 g/mol. The van der Waals surface area contributed by atoms with Crippen LogP contribution in [0.5, 0.6) is 0 Å². The fourth-order valence-electron chi connectivity index (χ4n) is 5.87. The van der Waals surface area contributed by atoms with Crippen LogP contribution >= 0.6 is 27.3 Å². The van der Waals surface area contributed by atoms with Gasteiger partial charge in [-0.2, -0.15) is 8.42 Å². The summed E-state index contributed by atoms with van der Waals surface area (Å²) in [6.07, 6.45) is 1.28. The third-order valence-corrected chi connectivity index (χ3v) is 13.9. The number of carbonyl (C=O) groups excluding carboxylic acids is 2. The van der Waals surface area contributed by atoms with E-state index in [1.807, 2.05) is 0 Å². The van der Waals surface area contributed by atoms with Gasteiger partial charge < -0.3 is 5.32 Å². The highest BCUT2D eigenvalue weighted by Gasteiger charge is 2.65. The van der Waals surface area contributed by atoms with Crippen LogP contribution in [0.15, 0.2) is 15.9 Å². The van der Waals surface area contributed by atoms with Gasteiger partial charge in [0.15, 0.2) is 9.84 Å². The number of carbonyl (C=O) groups is 2. The molecule has 0 aromatic carbocycles. The Balaban J connectivity index is 1.50. The van der Waals surface area contributed by atoms with E-state index in [0.717, 1.165) is 6.42 Å². The van der Waals surface area contributed by atoms with E-state index >= 15 is 0 Å². The first kappa shape index (κ1) is 26.2. The smallest absolute Gasteiger partial charge is 0.316 e. The fraction of sp³-hybridized carbons (Fsp3) is 0.714. The van der Waals surface area contributed by atoms with Crippen LogP contribution in [-0.4, -0.2) is 53.2 Å². The van der Waals surface area contributed by atoms with Crippen molar-refractivity contribution in [2.75, 3.05) is 24.6 Å². The molecule has 1 saturated heterocycles. The van der Waals surface area contributed by atoms with Crippen molar-refractivity contribution in [1.82, 2.24) is 5.32 Å². The summed E-state index contributed by atoms with van der Waals surface area (Å²) >= 11 is 4.55. The Kier molecular flexibility index (Phi) is 6.87. The van der Waals surface area contributed by atoms with Crippen LogP contribution in [0.25, 0.3) is 0 Å². The van der Waals surface area contributed by atoms with Crippen molar-refractivity contribution in [3.63, 3.8) is 0 Å². The van der Waals surface area contributed by atoms with E-state index in [-0.39, 0.29) is 30.4 Å². The minimum atomic E-state index is -4.32. The van der Waals surface area contributed by atoms with E-state index in [4.69, 9.17) is 4.89 Å². The van der Waals surface area contributed by atoms with Crippen molar-refractivity contribution in [3.8, 4) is 0 Å². The first-order valence-electron chi connectivity index (χ1n) is 11.1. The van der Waals surface area contributed by atoms with E-state index in [0.29, 0.717) is 28.0 Å². The van der Waals surface area contributed by atoms with E-state index in [2.05, 4.69) is 25.6 Å². The molecule has 2 heterocycles. The maximum atomic E-state index is 13.2. The Morgan fingerprint density at radius 2 is 2.00 bits per heavy atom. The summed E-state index contributed by atoms with van der Waals surface area (Å²) in [7, 11) is -8.10. The molecule has 1 N–H and O–H groups in total. The monoisotopic (exact) mass is 597 g/mol. The lowest BCUT2D eigenvalue weighted by atomic mass is 9.70. The molecule has 2 aliphatic carbocycles. The Morgan fingerprint density at radius 1 is 1.26 bits per heavy atom. The van der Waals surface area contributed by atoms with Gasteiger partial charge in [-0.3, -0.25) is 9.68 Å². The first-order chi connectivity index (χ1) is 15.7. The molecule has 0 unspecified atom stereocenters. The highest BCUT2D eigenvalue weighted by atomic mass is 79.9. The topological polar surface area (TPSA) is 133 Å². The van der Waals surface area contributed by atoms with Gasteiger partial charge in [-0.1, -0.05) is 18.2 Å². The summed E-state index contributed by atoms with van der Waals surface area (Å²) in [4.78, 5) is 30.4. The van der Waals surface area contributed by atoms with E-state index in [1.54, 1.807) is 26.0 Å². The van der Waals surface area contributed by atoms with Gasteiger partial charge in [-0.05, 0) is 65.2 Å². The minimum absolute atomic E-state index is 0.0506. The Hall–Kier alpha value is -0.860. The zero-order chi connectivity index (χ0) is 25.0. The number of sulfone groups is 1. The third-order valence-electron chi connectivity index (χ3n) is 8.21. The summed E-state index contributed by atoms with van der Waals surface area (Å²) in [6, 6.07) is 3.36. The SMILES string of the molecule is C[C@]12CC[C@H](CC1=O)[C@@]2(C)CS(=O)(=O)OOC(=O)C[C@]1(c2ccc(Br)s2)CCNCCS1(=O)=O. The van der Waals surface area contributed by atoms with Crippen LogP contribution in [-0.2, 0) is 43.5 Å². The zero-order valence-corrected chi connectivity index (χ0v) is 23.0. The molecule has 2 saturated carbocycles. The second-order valence-electron chi connectivity index (χ2n) is 9.93. The summed E-state index contributed by atoms with van der Waals surface area (Å²) in [6.45, 7) is 4.19. The lowest BCUT2D eigenvalue weighted by molar-refractivity contribution is -0.212. The number of Topliss-reactive ketones (excluding diaryl/α,β-unsaturated/α-hetero) is 1. The lowest BCUT2D eigenvalue weighted by Gasteiger charge is -2.35. The van der Waals surface area contributed by atoms with Crippen molar-refractivity contribution in [3.05, 3.63) is 20.8 Å². The summed E-state index contributed by atoms with van der Waals surface area (Å²) < 4.78 is 55.8. The predicted molar refractivity (Wildman–Crippen MR) is 129 cm³/mol. The molecule has 0 radical (unpaired) electrons. The first-order valence-corrected chi connectivity index (χ1v) is 15.9. The van der Waals surface area contributed by atoms with Gasteiger partial charge in [0.25, 0.3) is 0 Å². The molecule has 1 aliphatic heterocycles. The van der Waals surface area contributed by atoms with Crippen molar-refractivity contribution < 1.29 is 35.6 Å². The Labute approximate surface area is 212 Å². The summed E-state index contributed by atoms with van der Waals surface area (Å²) in [5, 5.41) is 3.04. The van der Waals surface area contributed by atoms with Crippen LogP contribution in [0.4, 0.5) is 0 Å². The number of thiophene rings is 1. The minimum Gasteiger partial charge on any atom is -0.316 e. The lowest BCUT2D eigenvalue weighted by Crippen LogP contribution is -2.41. The van der Waals surface area contributed by atoms with Gasteiger partial charge >= 0.3 is 16.1 Å². The average Bonchev–Trinajstić information content (AvgIpc) is 3.28. The highest BCUT2D eigenvalue weighted by Crippen LogP contribution is 2.64. The second kappa shape index (κ2) is 8.91. The van der Waals surface area contributed by atoms with Crippen molar-refractivity contribution >= 4 is 59.0 Å². The van der Waals surface area contributed by atoms with Crippen molar-refractivity contribution in [2.24, 2.45) is 16.7 Å². The highest BCUT2D eigenvalue weighted by molar-refractivity contribution is 9.11. The quantitative estimate of drug-likeness (QED) is 0.372. The van der Waals surface area contributed by atoms with Gasteiger partial charge in [-0.15, -0.1) is 11.3 Å². The number of hydrogen-bond donors (Lipinski definition) is 1. The largest absolute Gasteiger partial charge is 0.345 e. The Morgan fingerprint density at radius 3 is 2.59 bits per heavy atom. The van der Waals surface area contributed by atoms with Crippen LogP contribution < -0.4 is 5.32 Å². The van der Waals surface area contributed by atoms with E-state index in [9.17, 15) is 26.4 Å². The number of fused-ring (bicyclic) bond motifs is 2. The number of hydrogen-bond acceptors (Lipinski definition) is 10. The maximum absolute atomic E-state index is 13.2. The Bertz CT molecular complexity index is 1210.